The summed E-state index contributed by atoms with van der Waals surface area (Å²) in [5.74, 6) is -0.698. The van der Waals surface area contributed by atoms with Crippen LogP contribution in [0.15, 0.2) is 35.1 Å². The second-order valence-corrected chi connectivity index (χ2v) is 7.83. The van der Waals surface area contributed by atoms with Crippen LogP contribution in [0.25, 0.3) is 11.1 Å². The van der Waals surface area contributed by atoms with Crippen molar-refractivity contribution in [1.82, 2.24) is 10.5 Å². The molecular formula is C19H17FIN3O3. The van der Waals surface area contributed by atoms with Gasteiger partial charge in [-0.25, -0.2) is 14.9 Å². The summed E-state index contributed by atoms with van der Waals surface area (Å²) in [6, 6.07) is 7.18. The second-order valence-electron chi connectivity index (χ2n) is 6.58. The molecule has 0 aliphatic heterocycles. The first kappa shape index (κ1) is 18.2. The zero-order chi connectivity index (χ0) is 19.0. The fraction of sp³-hybridized carbons (Fsp3) is 0.263. The van der Waals surface area contributed by atoms with Crippen molar-refractivity contribution in [1.29, 1.82) is 0 Å². The van der Waals surface area contributed by atoms with Gasteiger partial charge in [0, 0.05) is 9.26 Å². The van der Waals surface area contributed by atoms with Crippen molar-refractivity contribution in [2.24, 2.45) is 5.92 Å². The van der Waals surface area contributed by atoms with Crippen molar-refractivity contribution in [2.75, 3.05) is 11.9 Å². The van der Waals surface area contributed by atoms with E-state index in [0.29, 0.717) is 18.2 Å². The molecule has 4 rings (SSSR count). The fourth-order valence-electron chi connectivity index (χ4n) is 2.73. The number of hydroxylamine groups is 1. The first-order chi connectivity index (χ1) is 13.0. The molecule has 140 valence electrons. The Morgan fingerprint density at radius 1 is 1.41 bits per heavy atom. The molecule has 0 bridgehead atoms. The predicted octanol–water partition coefficient (Wildman–Crippen LogP) is 4.69. The molecule has 0 atom stereocenters. The lowest BCUT2D eigenvalue weighted by Crippen LogP contribution is -2.26. The minimum Gasteiger partial charge on any atom is -0.443 e. The zero-order valence-corrected chi connectivity index (χ0v) is 16.7. The van der Waals surface area contributed by atoms with Gasteiger partial charge in [-0.15, -0.1) is 0 Å². The number of amides is 1. The van der Waals surface area contributed by atoms with Gasteiger partial charge in [-0.05, 0) is 78.1 Å². The largest absolute Gasteiger partial charge is 0.443 e. The number of aryl methyl sites for hydroxylation is 1. The Balaban J connectivity index is 1.69. The molecule has 1 aliphatic rings. The molecule has 6 nitrogen and oxygen atoms in total. The van der Waals surface area contributed by atoms with Crippen LogP contribution in [-0.2, 0) is 4.84 Å². The Morgan fingerprint density at radius 2 is 2.22 bits per heavy atom. The molecule has 0 radical (unpaired) electrons. The van der Waals surface area contributed by atoms with Crippen LogP contribution < -0.4 is 10.8 Å². The summed E-state index contributed by atoms with van der Waals surface area (Å²) in [6.07, 6.45) is 3.36. The average Bonchev–Trinajstić information content (AvgIpc) is 3.33. The van der Waals surface area contributed by atoms with Crippen LogP contribution >= 0.6 is 22.6 Å². The molecule has 8 heteroatoms. The zero-order valence-electron chi connectivity index (χ0n) is 14.5. The van der Waals surface area contributed by atoms with E-state index in [4.69, 9.17) is 9.25 Å². The van der Waals surface area contributed by atoms with Crippen LogP contribution in [0.4, 0.5) is 15.8 Å². The number of nitrogens with one attached hydrogen (secondary N) is 2. The fourth-order valence-corrected chi connectivity index (χ4v) is 3.38. The summed E-state index contributed by atoms with van der Waals surface area (Å²) in [6.45, 7) is 2.37. The molecule has 1 fully saturated rings. The van der Waals surface area contributed by atoms with Gasteiger partial charge >= 0.3 is 0 Å². The van der Waals surface area contributed by atoms with Gasteiger partial charge < -0.3 is 9.73 Å². The minimum atomic E-state index is -0.647. The van der Waals surface area contributed by atoms with Gasteiger partial charge in [0.05, 0.1) is 17.9 Å². The number of hydrogen-bond donors (Lipinski definition) is 2. The SMILES string of the molecule is Cc1cc(I)ccc1Nc1c(C(=O)NOCC2CC2)cc2ocnc2c1F. The third kappa shape index (κ3) is 3.91. The summed E-state index contributed by atoms with van der Waals surface area (Å²) < 4.78 is 21.3. The summed E-state index contributed by atoms with van der Waals surface area (Å²) in [7, 11) is 0. The van der Waals surface area contributed by atoms with E-state index in [-0.39, 0.29) is 22.4 Å². The summed E-state index contributed by atoms with van der Waals surface area (Å²) in [4.78, 5) is 21.8. The predicted molar refractivity (Wildman–Crippen MR) is 107 cm³/mol. The molecule has 2 aromatic carbocycles. The molecule has 0 spiro atoms. The van der Waals surface area contributed by atoms with Crippen molar-refractivity contribution in [2.45, 2.75) is 19.8 Å². The van der Waals surface area contributed by atoms with Gasteiger partial charge in [0.1, 0.15) is 5.52 Å². The molecule has 1 aromatic heterocycles. The second kappa shape index (κ2) is 7.43. The van der Waals surface area contributed by atoms with E-state index in [2.05, 4.69) is 38.4 Å². The van der Waals surface area contributed by atoms with E-state index < -0.39 is 11.7 Å². The maximum atomic E-state index is 15.1. The maximum absolute atomic E-state index is 15.1. The van der Waals surface area contributed by atoms with Crippen molar-refractivity contribution < 1.29 is 18.4 Å². The number of nitrogens with zero attached hydrogens (tertiary/aromatic N) is 1. The van der Waals surface area contributed by atoms with E-state index in [1.807, 2.05) is 25.1 Å². The number of carbonyl (C=O) groups is 1. The van der Waals surface area contributed by atoms with E-state index in [9.17, 15) is 4.79 Å². The Morgan fingerprint density at radius 3 is 2.96 bits per heavy atom. The van der Waals surface area contributed by atoms with E-state index >= 15 is 4.39 Å². The highest BCUT2D eigenvalue weighted by molar-refractivity contribution is 14.1. The highest BCUT2D eigenvalue weighted by atomic mass is 127. The van der Waals surface area contributed by atoms with Crippen molar-refractivity contribution in [3.8, 4) is 0 Å². The van der Waals surface area contributed by atoms with Crippen LogP contribution in [0, 0.1) is 22.2 Å². The Bertz CT molecular complexity index is 1020. The monoisotopic (exact) mass is 481 g/mol. The number of rotatable bonds is 6. The van der Waals surface area contributed by atoms with Crippen LogP contribution in [0.1, 0.15) is 28.8 Å². The smallest absolute Gasteiger partial charge is 0.277 e. The number of carbonyl (C=O) groups excluding carboxylic acids is 1. The van der Waals surface area contributed by atoms with Gasteiger partial charge in [-0.3, -0.25) is 9.63 Å². The number of halogens is 2. The lowest BCUT2D eigenvalue weighted by molar-refractivity contribution is 0.0271. The minimum absolute atomic E-state index is 0.0354. The first-order valence-corrected chi connectivity index (χ1v) is 9.62. The quantitative estimate of drug-likeness (QED) is 0.395. The van der Waals surface area contributed by atoms with Gasteiger partial charge in [0.25, 0.3) is 5.91 Å². The van der Waals surface area contributed by atoms with Gasteiger partial charge in [0.2, 0.25) is 0 Å². The van der Waals surface area contributed by atoms with Gasteiger partial charge in [-0.2, -0.15) is 0 Å². The van der Waals surface area contributed by atoms with Crippen LogP contribution in [0.3, 0.4) is 0 Å². The molecule has 0 unspecified atom stereocenters. The molecule has 1 heterocycles. The van der Waals surface area contributed by atoms with Crippen molar-refractivity contribution in [3.63, 3.8) is 0 Å². The molecule has 27 heavy (non-hydrogen) atoms. The number of benzene rings is 2. The lowest BCUT2D eigenvalue weighted by Gasteiger charge is -2.15. The standard InChI is InChI=1S/C19H17FIN3O3/c1-10-6-12(21)4-5-14(10)23-17-13(19(25)24-27-8-11-2-3-11)7-15-18(16(17)20)22-9-26-15/h4-7,9,11,23H,2-3,8H2,1H3,(H,24,25). The average molecular weight is 481 g/mol. The van der Waals surface area contributed by atoms with E-state index in [1.54, 1.807) is 0 Å². The summed E-state index contributed by atoms with van der Waals surface area (Å²) in [5, 5.41) is 3.03. The normalized spacial score (nSPS) is 13.7. The number of fused-ring (bicyclic) bond motifs is 1. The van der Waals surface area contributed by atoms with E-state index in [0.717, 1.165) is 28.4 Å². The van der Waals surface area contributed by atoms with E-state index in [1.165, 1.54) is 6.07 Å². The van der Waals surface area contributed by atoms with Gasteiger partial charge in [0.15, 0.2) is 17.8 Å². The third-order valence-corrected chi connectivity index (χ3v) is 5.11. The lowest BCUT2D eigenvalue weighted by atomic mass is 10.1. The Labute approximate surface area is 168 Å². The highest BCUT2D eigenvalue weighted by Gasteiger charge is 2.24. The number of anilines is 2. The topological polar surface area (TPSA) is 76.4 Å². The third-order valence-electron chi connectivity index (χ3n) is 4.44. The maximum Gasteiger partial charge on any atom is 0.277 e. The summed E-state index contributed by atoms with van der Waals surface area (Å²) >= 11 is 2.21. The van der Waals surface area contributed by atoms with Crippen molar-refractivity contribution >= 4 is 51.0 Å². The molecule has 1 aliphatic carbocycles. The molecular weight excluding hydrogens is 464 g/mol. The molecule has 0 saturated heterocycles. The molecule has 3 aromatic rings. The Kier molecular flexibility index (Phi) is 5.00. The Hall–Kier alpha value is -2.20. The van der Waals surface area contributed by atoms with Crippen molar-refractivity contribution in [3.05, 3.63) is 51.2 Å². The molecule has 2 N–H and O–H groups in total. The van der Waals surface area contributed by atoms with Crippen LogP contribution in [0.5, 0.6) is 0 Å². The molecule has 1 saturated carbocycles. The van der Waals surface area contributed by atoms with Crippen LogP contribution in [0.2, 0.25) is 0 Å². The number of aromatic nitrogens is 1. The number of oxazole rings is 1. The van der Waals surface area contributed by atoms with Crippen LogP contribution in [-0.4, -0.2) is 17.5 Å². The summed E-state index contributed by atoms with van der Waals surface area (Å²) in [5.41, 5.74) is 4.41. The van der Waals surface area contributed by atoms with Gasteiger partial charge in [-0.1, -0.05) is 0 Å². The first-order valence-electron chi connectivity index (χ1n) is 8.54. The number of hydrogen-bond acceptors (Lipinski definition) is 5. The highest BCUT2D eigenvalue weighted by Crippen LogP contribution is 2.32. The molecule has 1 amide bonds.